The summed E-state index contributed by atoms with van der Waals surface area (Å²) in [6.45, 7) is 2.30. The van der Waals surface area contributed by atoms with Gasteiger partial charge >= 0.3 is 0 Å². The van der Waals surface area contributed by atoms with Crippen molar-refractivity contribution in [2.45, 2.75) is 19.0 Å². The molecule has 0 radical (unpaired) electrons. The maximum absolute atomic E-state index is 12.0. The summed E-state index contributed by atoms with van der Waals surface area (Å²) >= 11 is 5.14. The quantitative estimate of drug-likeness (QED) is 0.876. The number of para-hydroxylation sites is 2. The van der Waals surface area contributed by atoms with Crippen LogP contribution in [0.5, 0.6) is 0 Å². The third-order valence-corrected chi connectivity index (χ3v) is 5.28. The van der Waals surface area contributed by atoms with E-state index in [0.717, 1.165) is 20.7 Å². The van der Waals surface area contributed by atoms with Gasteiger partial charge in [0.05, 0.1) is 24.0 Å². The summed E-state index contributed by atoms with van der Waals surface area (Å²) in [5.74, 6) is -0.00466. The molecule has 21 heavy (non-hydrogen) atoms. The van der Waals surface area contributed by atoms with Crippen LogP contribution >= 0.6 is 27.3 Å². The molecule has 2 atom stereocenters. The number of halogens is 1. The summed E-state index contributed by atoms with van der Waals surface area (Å²) < 4.78 is 1.04. The second kappa shape index (κ2) is 5.79. The Labute approximate surface area is 136 Å². The molecular formula is C15H16BrN3OS. The zero-order valence-corrected chi connectivity index (χ0v) is 13.9. The van der Waals surface area contributed by atoms with Gasteiger partial charge in [-0.15, -0.1) is 11.3 Å². The number of nitrogens with two attached hydrogens (primary N) is 1. The molecule has 0 bridgehead atoms. The lowest BCUT2D eigenvalue weighted by molar-refractivity contribution is -0.115. The number of nitrogens with one attached hydrogen (secondary N) is 1. The van der Waals surface area contributed by atoms with E-state index >= 15 is 0 Å². The molecule has 0 saturated carbocycles. The van der Waals surface area contributed by atoms with E-state index in [9.17, 15) is 4.79 Å². The number of amides is 1. The lowest BCUT2D eigenvalue weighted by Crippen LogP contribution is -2.46. The van der Waals surface area contributed by atoms with Crippen molar-refractivity contribution in [3.05, 3.63) is 45.1 Å². The van der Waals surface area contributed by atoms with Gasteiger partial charge in [-0.2, -0.15) is 0 Å². The monoisotopic (exact) mass is 365 g/mol. The van der Waals surface area contributed by atoms with E-state index < -0.39 is 0 Å². The minimum absolute atomic E-state index is 0.00466. The first-order valence-corrected chi connectivity index (χ1v) is 8.38. The molecule has 6 heteroatoms. The molecule has 4 nitrogen and oxygen atoms in total. The molecule has 1 aromatic carbocycles. The molecular weight excluding hydrogens is 350 g/mol. The molecule has 2 unspecified atom stereocenters. The summed E-state index contributed by atoms with van der Waals surface area (Å²) in [6.07, 6.45) is 0. The highest BCUT2D eigenvalue weighted by molar-refractivity contribution is 9.10. The number of hydrogen-bond acceptors (Lipinski definition) is 4. The van der Waals surface area contributed by atoms with Crippen molar-refractivity contribution in [3.63, 3.8) is 0 Å². The summed E-state index contributed by atoms with van der Waals surface area (Å²) in [5.41, 5.74) is 8.09. The Morgan fingerprint density at radius 2 is 2.19 bits per heavy atom. The molecule has 3 N–H and O–H groups in total. The van der Waals surface area contributed by atoms with Crippen LogP contribution in [0.3, 0.4) is 0 Å². The fourth-order valence-corrected chi connectivity index (χ4v) is 4.36. The van der Waals surface area contributed by atoms with Crippen LogP contribution in [0.25, 0.3) is 0 Å². The van der Waals surface area contributed by atoms with Crippen molar-refractivity contribution < 1.29 is 4.79 Å². The van der Waals surface area contributed by atoms with E-state index in [1.54, 1.807) is 11.3 Å². The number of carbonyl (C=O) groups excluding carboxylic acids is 1. The standard InChI is InChI=1S/C15H16BrN3OS/c1-9(17)15(13-6-10(16)8-21-13)19-7-14(20)18-11-4-2-3-5-12(11)19/h2-6,8-9,15H,7,17H2,1H3,(H,18,20). The van der Waals surface area contributed by atoms with E-state index in [1.807, 2.05) is 36.6 Å². The summed E-state index contributed by atoms with van der Waals surface area (Å²) in [6, 6.07) is 9.81. The van der Waals surface area contributed by atoms with Gasteiger partial charge in [0.25, 0.3) is 0 Å². The summed E-state index contributed by atoms with van der Waals surface area (Å²) in [4.78, 5) is 15.2. The van der Waals surface area contributed by atoms with Crippen LogP contribution < -0.4 is 16.0 Å². The lowest BCUT2D eigenvalue weighted by Gasteiger charge is -2.38. The second-order valence-electron chi connectivity index (χ2n) is 5.16. The smallest absolute Gasteiger partial charge is 0.243 e. The Kier molecular flexibility index (Phi) is 4.01. The number of rotatable bonds is 3. The van der Waals surface area contributed by atoms with Crippen molar-refractivity contribution in [2.24, 2.45) is 5.73 Å². The summed E-state index contributed by atoms with van der Waals surface area (Å²) in [5, 5.41) is 4.96. The molecule has 2 heterocycles. The minimum atomic E-state index is -0.0884. The van der Waals surface area contributed by atoms with E-state index in [-0.39, 0.29) is 18.0 Å². The topological polar surface area (TPSA) is 58.4 Å². The third-order valence-electron chi connectivity index (χ3n) is 3.51. The van der Waals surface area contributed by atoms with Gasteiger partial charge in [-0.25, -0.2) is 0 Å². The van der Waals surface area contributed by atoms with Gasteiger partial charge in [-0.3, -0.25) is 4.79 Å². The molecule has 1 aliphatic rings. The number of fused-ring (bicyclic) bond motifs is 1. The Morgan fingerprint density at radius 3 is 2.86 bits per heavy atom. The maximum Gasteiger partial charge on any atom is 0.243 e. The molecule has 0 saturated heterocycles. The Balaban J connectivity index is 2.06. The van der Waals surface area contributed by atoms with E-state index in [0.29, 0.717) is 6.54 Å². The first-order valence-electron chi connectivity index (χ1n) is 6.71. The first-order chi connectivity index (χ1) is 10.1. The number of nitrogens with zero attached hydrogens (tertiary/aromatic N) is 1. The third kappa shape index (κ3) is 2.84. The fraction of sp³-hybridized carbons (Fsp3) is 0.267. The van der Waals surface area contributed by atoms with Crippen LogP contribution in [0.1, 0.15) is 17.8 Å². The number of benzene rings is 1. The lowest BCUT2D eigenvalue weighted by atomic mass is 10.0. The number of anilines is 2. The molecule has 1 amide bonds. The van der Waals surface area contributed by atoms with Gasteiger partial charge in [0.15, 0.2) is 0 Å². The van der Waals surface area contributed by atoms with Crippen LogP contribution in [-0.4, -0.2) is 18.5 Å². The zero-order valence-electron chi connectivity index (χ0n) is 11.5. The van der Waals surface area contributed by atoms with Gasteiger partial charge < -0.3 is 16.0 Å². The predicted octanol–water partition coefficient (Wildman–Crippen LogP) is 3.36. The fourth-order valence-electron chi connectivity index (χ4n) is 2.69. The maximum atomic E-state index is 12.0. The highest BCUT2D eigenvalue weighted by atomic mass is 79.9. The normalized spacial score (nSPS) is 17.1. The average molecular weight is 366 g/mol. The molecule has 0 aliphatic carbocycles. The zero-order chi connectivity index (χ0) is 15.0. The van der Waals surface area contributed by atoms with Crippen LogP contribution in [0.4, 0.5) is 11.4 Å². The molecule has 0 spiro atoms. The number of hydrogen-bond donors (Lipinski definition) is 2. The van der Waals surface area contributed by atoms with Gasteiger partial charge in [0.2, 0.25) is 5.91 Å². The molecule has 110 valence electrons. The van der Waals surface area contributed by atoms with Crippen molar-refractivity contribution in [1.82, 2.24) is 0 Å². The first kappa shape index (κ1) is 14.6. The SMILES string of the molecule is CC(N)C(c1cc(Br)cs1)N1CC(=O)Nc2ccccc21. The Bertz CT molecular complexity index is 670. The van der Waals surface area contributed by atoms with Crippen LogP contribution in [0, 0.1) is 0 Å². The van der Waals surface area contributed by atoms with E-state index in [2.05, 4.69) is 32.2 Å². The van der Waals surface area contributed by atoms with Crippen molar-refractivity contribution >= 4 is 44.5 Å². The highest BCUT2D eigenvalue weighted by Crippen LogP contribution is 2.39. The van der Waals surface area contributed by atoms with Crippen LogP contribution in [0.15, 0.2) is 40.2 Å². The molecule has 2 aromatic rings. The van der Waals surface area contributed by atoms with Gasteiger partial charge in [0, 0.05) is 20.8 Å². The summed E-state index contributed by atoms with van der Waals surface area (Å²) in [7, 11) is 0. The van der Waals surface area contributed by atoms with Crippen molar-refractivity contribution in [2.75, 3.05) is 16.8 Å². The number of carbonyl (C=O) groups is 1. The van der Waals surface area contributed by atoms with E-state index in [4.69, 9.17) is 5.73 Å². The highest BCUT2D eigenvalue weighted by Gasteiger charge is 2.31. The average Bonchev–Trinajstić information content (AvgIpc) is 2.84. The van der Waals surface area contributed by atoms with Gasteiger partial charge in [0.1, 0.15) is 0 Å². The molecule has 3 rings (SSSR count). The Morgan fingerprint density at radius 1 is 1.43 bits per heavy atom. The van der Waals surface area contributed by atoms with Crippen LogP contribution in [0.2, 0.25) is 0 Å². The molecule has 1 aromatic heterocycles. The second-order valence-corrected chi connectivity index (χ2v) is 7.02. The van der Waals surface area contributed by atoms with Gasteiger partial charge in [-0.1, -0.05) is 12.1 Å². The van der Waals surface area contributed by atoms with Crippen molar-refractivity contribution in [1.29, 1.82) is 0 Å². The Hall–Kier alpha value is -1.37. The predicted molar refractivity (Wildman–Crippen MR) is 90.8 cm³/mol. The largest absolute Gasteiger partial charge is 0.351 e. The number of thiophene rings is 1. The molecule has 1 aliphatic heterocycles. The van der Waals surface area contributed by atoms with Crippen molar-refractivity contribution in [3.8, 4) is 0 Å². The van der Waals surface area contributed by atoms with Crippen LogP contribution in [-0.2, 0) is 4.79 Å². The minimum Gasteiger partial charge on any atom is -0.351 e. The molecule has 0 fully saturated rings. The van der Waals surface area contributed by atoms with E-state index in [1.165, 1.54) is 0 Å². The van der Waals surface area contributed by atoms with Gasteiger partial charge in [-0.05, 0) is 41.1 Å².